The average molecular weight is 371 g/mol. The highest BCUT2D eigenvalue weighted by molar-refractivity contribution is 6.02. The minimum absolute atomic E-state index is 0.0146. The van der Waals surface area contributed by atoms with Gasteiger partial charge in [-0.25, -0.2) is 0 Å². The zero-order valence-corrected chi connectivity index (χ0v) is 14.2. The van der Waals surface area contributed by atoms with Crippen LogP contribution in [0.15, 0.2) is 36.4 Å². The first kappa shape index (κ1) is 18.3. The topological polar surface area (TPSA) is 114 Å². The van der Waals surface area contributed by atoms with Crippen LogP contribution < -0.4 is 14.8 Å². The number of hydrogen-bond donors (Lipinski definition) is 3. The molecule has 8 nitrogen and oxygen atoms in total. The third-order valence-electron chi connectivity index (χ3n) is 3.86. The van der Waals surface area contributed by atoms with E-state index in [1.807, 2.05) is 0 Å². The molecular weight excluding hydrogens is 354 g/mol. The summed E-state index contributed by atoms with van der Waals surface area (Å²) < 4.78 is 15.4. The number of rotatable bonds is 7. The molecule has 1 amide bonds. The Labute approximate surface area is 154 Å². The van der Waals surface area contributed by atoms with E-state index in [1.165, 1.54) is 12.1 Å². The van der Waals surface area contributed by atoms with Crippen molar-refractivity contribution < 1.29 is 34.0 Å². The normalized spacial score (nSPS) is 12.2. The summed E-state index contributed by atoms with van der Waals surface area (Å²) in [5.41, 5.74) is 1.99. The van der Waals surface area contributed by atoms with Crippen molar-refractivity contribution >= 4 is 24.1 Å². The SMILES string of the molecule is O=COCc1cc2c(cc1NC(=O)C=Cc1ccc(O)c(CO)c1)OCO2. The molecule has 0 fully saturated rings. The molecule has 0 spiro atoms. The van der Waals surface area contributed by atoms with E-state index in [2.05, 4.69) is 5.32 Å². The summed E-state index contributed by atoms with van der Waals surface area (Å²) in [5.74, 6) is 0.558. The third-order valence-corrected chi connectivity index (χ3v) is 3.86. The van der Waals surface area contributed by atoms with Crippen LogP contribution in [-0.4, -0.2) is 29.4 Å². The molecule has 1 heterocycles. The minimum atomic E-state index is -0.417. The van der Waals surface area contributed by atoms with Crippen LogP contribution >= 0.6 is 0 Å². The van der Waals surface area contributed by atoms with Gasteiger partial charge in [0.15, 0.2) is 11.5 Å². The predicted octanol–water partition coefficient (Wildman–Crippen LogP) is 1.94. The first-order valence-corrected chi connectivity index (χ1v) is 8.00. The molecule has 0 bridgehead atoms. The van der Waals surface area contributed by atoms with Gasteiger partial charge in [0.05, 0.1) is 12.3 Å². The van der Waals surface area contributed by atoms with Crippen molar-refractivity contribution in [3.63, 3.8) is 0 Å². The van der Waals surface area contributed by atoms with Gasteiger partial charge in [-0.2, -0.15) is 0 Å². The molecule has 0 atom stereocenters. The fourth-order valence-corrected chi connectivity index (χ4v) is 2.53. The van der Waals surface area contributed by atoms with E-state index in [0.29, 0.717) is 40.3 Å². The van der Waals surface area contributed by atoms with Gasteiger partial charge in [-0.1, -0.05) is 6.07 Å². The van der Waals surface area contributed by atoms with Gasteiger partial charge in [-0.05, 0) is 29.8 Å². The number of benzene rings is 2. The molecule has 0 saturated heterocycles. The molecule has 1 aliphatic rings. The summed E-state index contributed by atoms with van der Waals surface area (Å²) in [6.45, 7) is 0.0581. The Morgan fingerprint density at radius 2 is 1.96 bits per heavy atom. The van der Waals surface area contributed by atoms with E-state index in [9.17, 15) is 19.8 Å². The van der Waals surface area contributed by atoms with Crippen LogP contribution in [0.2, 0.25) is 0 Å². The molecule has 27 heavy (non-hydrogen) atoms. The molecule has 0 aromatic heterocycles. The Hall–Kier alpha value is -3.52. The van der Waals surface area contributed by atoms with Crippen LogP contribution in [-0.2, 0) is 27.5 Å². The lowest BCUT2D eigenvalue weighted by Crippen LogP contribution is -2.10. The summed E-state index contributed by atoms with van der Waals surface area (Å²) in [5, 5.41) is 21.4. The van der Waals surface area contributed by atoms with Gasteiger partial charge in [0.2, 0.25) is 12.7 Å². The summed E-state index contributed by atoms with van der Waals surface area (Å²) in [6, 6.07) is 7.86. The van der Waals surface area contributed by atoms with Gasteiger partial charge in [0.25, 0.3) is 6.47 Å². The van der Waals surface area contributed by atoms with Crippen molar-refractivity contribution in [2.75, 3.05) is 12.1 Å². The van der Waals surface area contributed by atoms with E-state index in [4.69, 9.17) is 14.2 Å². The number of anilines is 1. The van der Waals surface area contributed by atoms with E-state index >= 15 is 0 Å². The Morgan fingerprint density at radius 3 is 2.70 bits per heavy atom. The number of phenols is 1. The smallest absolute Gasteiger partial charge is 0.293 e. The van der Waals surface area contributed by atoms with Gasteiger partial charge in [0.1, 0.15) is 12.4 Å². The second kappa shape index (κ2) is 8.24. The first-order valence-electron chi connectivity index (χ1n) is 8.00. The summed E-state index contributed by atoms with van der Waals surface area (Å²) in [4.78, 5) is 22.7. The van der Waals surface area contributed by atoms with E-state index < -0.39 is 5.91 Å². The Bertz CT molecular complexity index is 892. The first-order chi connectivity index (χ1) is 13.1. The second-order valence-electron chi connectivity index (χ2n) is 5.64. The number of carbonyl (C=O) groups excluding carboxylic acids is 2. The number of nitrogens with one attached hydrogen (secondary N) is 1. The zero-order chi connectivity index (χ0) is 19.2. The van der Waals surface area contributed by atoms with Crippen molar-refractivity contribution in [3.05, 3.63) is 53.1 Å². The van der Waals surface area contributed by atoms with Gasteiger partial charge >= 0.3 is 0 Å². The number of hydrogen-bond acceptors (Lipinski definition) is 7. The highest BCUT2D eigenvalue weighted by Crippen LogP contribution is 2.37. The fourth-order valence-electron chi connectivity index (χ4n) is 2.53. The van der Waals surface area contributed by atoms with Crippen LogP contribution in [0.3, 0.4) is 0 Å². The monoisotopic (exact) mass is 371 g/mol. The summed E-state index contributed by atoms with van der Waals surface area (Å²) >= 11 is 0. The molecule has 0 aliphatic carbocycles. The number of aromatic hydroxyl groups is 1. The molecule has 140 valence electrons. The van der Waals surface area contributed by atoms with E-state index in [1.54, 1.807) is 30.3 Å². The number of amides is 1. The molecule has 1 aliphatic heterocycles. The van der Waals surface area contributed by atoms with Gasteiger partial charge in [-0.3, -0.25) is 9.59 Å². The molecule has 3 rings (SSSR count). The third kappa shape index (κ3) is 4.36. The molecule has 2 aromatic carbocycles. The molecule has 8 heteroatoms. The molecular formula is C19H17NO7. The van der Waals surface area contributed by atoms with Crippen molar-refractivity contribution in [3.8, 4) is 17.2 Å². The highest BCUT2D eigenvalue weighted by Gasteiger charge is 2.18. The molecule has 0 unspecified atom stereocenters. The highest BCUT2D eigenvalue weighted by atomic mass is 16.7. The van der Waals surface area contributed by atoms with E-state index in [-0.39, 0.29) is 25.8 Å². The lowest BCUT2D eigenvalue weighted by atomic mass is 10.1. The quantitative estimate of drug-likeness (QED) is 0.503. The summed E-state index contributed by atoms with van der Waals surface area (Å²) in [7, 11) is 0. The van der Waals surface area contributed by atoms with Crippen molar-refractivity contribution in [2.45, 2.75) is 13.2 Å². The van der Waals surface area contributed by atoms with Gasteiger partial charge in [-0.15, -0.1) is 0 Å². The lowest BCUT2D eigenvalue weighted by Gasteiger charge is -2.10. The molecule has 0 radical (unpaired) electrons. The molecule has 3 N–H and O–H groups in total. The maximum atomic E-state index is 12.3. The van der Waals surface area contributed by atoms with Gasteiger partial charge in [0, 0.05) is 23.3 Å². The van der Waals surface area contributed by atoms with Crippen molar-refractivity contribution in [1.82, 2.24) is 0 Å². The van der Waals surface area contributed by atoms with Crippen LogP contribution in [0.1, 0.15) is 16.7 Å². The number of aliphatic hydroxyl groups excluding tert-OH is 1. The number of ether oxygens (including phenoxy) is 3. The fraction of sp³-hybridized carbons (Fsp3) is 0.158. The van der Waals surface area contributed by atoms with Gasteiger partial charge < -0.3 is 29.7 Å². The lowest BCUT2D eigenvalue weighted by molar-refractivity contribution is -0.129. The Morgan fingerprint density at radius 1 is 1.19 bits per heavy atom. The molecule has 0 saturated carbocycles. The predicted molar refractivity (Wildman–Crippen MR) is 95.1 cm³/mol. The Balaban J connectivity index is 1.76. The standard InChI is InChI=1S/C19H17NO7/c21-8-13-5-12(1-3-16(13)23)2-4-19(24)20-15-7-18-17(26-11-27-18)6-14(15)9-25-10-22/h1-7,10,21,23H,8-9,11H2,(H,20,24). The zero-order valence-electron chi connectivity index (χ0n) is 14.2. The Kier molecular flexibility index (Phi) is 5.58. The molecule has 2 aromatic rings. The van der Waals surface area contributed by atoms with Crippen molar-refractivity contribution in [1.29, 1.82) is 0 Å². The number of fused-ring (bicyclic) bond motifs is 1. The van der Waals surface area contributed by atoms with Crippen LogP contribution in [0.25, 0.3) is 6.08 Å². The van der Waals surface area contributed by atoms with Crippen LogP contribution in [0.4, 0.5) is 5.69 Å². The van der Waals surface area contributed by atoms with Crippen LogP contribution in [0, 0.1) is 0 Å². The maximum absolute atomic E-state index is 12.3. The summed E-state index contributed by atoms with van der Waals surface area (Å²) in [6.07, 6.45) is 2.85. The van der Waals surface area contributed by atoms with Crippen LogP contribution in [0.5, 0.6) is 17.2 Å². The maximum Gasteiger partial charge on any atom is 0.293 e. The minimum Gasteiger partial charge on any atom is -0.508 e. The largest absolute Gasteiger partial charge is 0.508 e. The van der Waals surface area contributed by atoms with Crippen molar-refractivity contribution in [2.24, 2.45) is 0 Å². The second-order valence-corrected chi connectivity index (χ2v) is 5.64. The number of aliphatic hydroxyl groups is 1. The number of carbonyl (C=O) groups is 2. The average Bonchev–Trinajstić information content (AvgIpc) is 3.12. The van der Waals surface area contributed by atoms with E-state index in [0.717, 1.165) is 0 Å².